The smallest absolute Gasteiger partial charge is 0.170 e. The number of ether oxygens (including phenoxy) is 1. The van der Waals surface area contributed by atoms with Crippen LogP contribution in [0.1, 0.15) is 21.5 Å². The van der Waals surface area contributed by atoms with Gasteiger partial charge in [-0.15, -0.1) is 0 Å². The van der Waals surface area contributed by atoms with Crippen molar-refractivity contribution in [2.45, 2.75) is 13.3 Å². The molecule has 2 nitrogen and oxygen atoms in total. The molecule has 0 aliphatic heterocycles. The largest absolute Gasteiger partial charge is 0.497 e. The fourth-order valence-electron chi connectivity index (χ4n) is 1.93. The topological polar surface area (TPSA) is 26.3 Å². The maximum absolute atomic E-state index is 13.7. The number of methoxy groups -OCH3 is 1. The highest BCUT2D eigenvalue weighted by Gasteiger charge is 2.14. The highest BCUT2D eigenvalue weighted by Crippen LogP contribution is 2.24. The van der Waals surface area contributed by atoms with Gasteiger partial charge in [-0.3, -0.25) is 4.79 Å². The lowest BCUT2D eigenvalue weighted by atomic mass is 10.0. The van der Waals surface area contributed by atoms with Crippen LogP contribution in [0.25, 0.3) is 0 Å². The molecular weight excluding hydrogens is 323 g/mol. The fraction of sp³-hybridized carbons (Fsp3) is 0.188. The Balaban J connectivity index is 2.30. The summed E-state index contributed by atoms with van der Waals surface area (Å²) < 4.78 is 19.7. The predicted octanol–water partition coefficient (Wildman–Crippen LogP) is 4.33. The van der Waals surface area contributed by atoms with Crippen molar-refractivity contribution in [3.63, 3.8) is 0 Å². The van der Waals surface area contributed by atoms with Crippen molar-refractivity contribution < 1.29 is 13.9 Å². The lowest BCUT2D eigenvalue weighted by Gasteiger charge is -2.08. The molecule has 0 radical (unpaired) electrons. The minimum absolute atomic E-state index is 0.123. The second kappa shape index (κ2) is 6.18. The van der Waals surface area contributed by atoms with E-state index in [9.17, 15) is 9.18 Å². The van der Waals surface area contributed by atoms with Crippen molar-refractivity contribution in [3.05, 3.63) is 63.4 Å². The van der Waals surface area contributed by atoms with Crippen LogP contribution >= 0.6 is 15.9 Å². The van der Waals surface area contributed by atoms with Gasteiger partial charge in [0.05, 0.1) is 12.7 Å². The maximum atomic E-state index is 13.7. The van der Waals surface area contributed by atoms with Crippen LogP contribution in [-0.4, -0.2) is 12.9 Å². The molecule has 0 bridgehead atoms. The Kier molecular flexibility index (Phi) is 4.55. The average Bonchev–Trinajstić information content (AvgIpc) is 2.43. The van der Waals surface area contributed by atoms with Crippen LogP contribution in [0.5, 0.6) is 5.75 Å². The third kappa shape index (κ3) is 3.25. The fourth-order valence-corrected chi connectivity index (χ4v) is 2.32. The van der Waals surface area contributed by atoms with E-state index in [1.807, 2.05) is 13.0 Å². The molecule has 0 saturated heterocycles. The Morgan fingerprint density at radius 1 is 1.25 bits per heavy atom. The molecule has 0 heterocycles. The Bertz CT molecular complexity index is 653. The first-order chi connectivity index (χ1) is 9.51. The van der Waals surface area contributed by atoms with E-state index in [1.165, 1.54) is 6.07 Å². The summed E-state index contributed by atoms with van der Waals surface area (Å²) >= 11 is 3.39. The number of Topliss-reactive ketones (excluding diaryl/α,β-unsaturated/α-hetero) is 1. The molecule has 0 aromatic heterocycles. The molecule has 0 aliphatic rings. The van der Waals surface area contributed by atoms with Gasteiger partial charge in [0.1, 0.15) is 11.6 Å². The standard InChI is InChI=1S/C16H14BrFO2/c1-10-3-6-15(18)13(7-10)16(19)9-11-8-12(20-2)4-5-14(11)17/h3-8H,9H2,1-2H3. The summed E-state index contributed by atoms with van der Waals surface area (Å²) in [6.07, 6.45) is 0.123. The number of rotatable bonds is 4. The zero-order chi connectivity index (χ0) is 14.7. The maximum Gasteiger partial charge on any atom is 0.170 e. The normalized spacial score (nSPS) is 10.4. The summed E-state index contributed by atoms with van der Waals surface area (Å²) in [7, 11) is 1.56. The quantitative estimate of drug-likeness (QED) is 0.776. The Hall–Kier alpha value is -1.68. The summed E-state index contributed by atoms with van der Waals surface area (Å²) in [5, 5.41) is 0. The minimum atomic E-state index is -0.486. The number of hydrogen-bond donors (Lipinski definition) is 0. The van der Waals surface area contributed by atoms with E-state index in [-0.39, 0.29) is 17.8 Å². The van der Waals surface area contributed by atoms with E-state index >= 15 is 0 Å². The molecule has 104 valence electrons. The van der Waals surface area contributed by atoms with E-state index in [2.05, 4.69) is 15.9 Å². The average molecular weight is 337 g/mol. The molecular formula is C16H14BrFO2. The molecule has 0 fully saturated rings. The van der Waals surface area contributed by atoms with E-state index in [0.29, 0.717) is 5.75 Å². The van der Waals surface area contributed by atoms with E-state index in [1.54, 1.807) is 31.4 Å². The molecule has 0 unspecified atom stereocenters. The van der Waals surface area contributed by atoms with Gasteiger partial charge in [-0.1, -0.05) is 27.6 Å². The third-order valence-corrected chi connectivity index (χ3v) is 3.80. The van der Waals surface area contributed by atoms with Crippen molar-refractivity contribution in [2.75, 3.05) is 7.11 Å². The van der Waals surface area contributed by atoms with Gasteiger partial charge in [0.2, 0.25) is 0 Å². The second-order valence-corrected chi connectivity index (χ2v) is 5.39. The van der Waals surface area contributed by atoms with Gasteiger partial charge in [-0.2, -0.15) is 0 Å². The highest BCUT2D eigenvalue weighted by molar-refractivity contribution is 9.10. The Morgan fingerprint density at radius 2 is 2.00 bits per heavy atom. The van der Waals surface area contributed by atoms with Crippen LogP contribution in [0.2, 0.25) is 0 Å². The van der Waals surface area contributed by atoms with E-state index in [4.69, 9.17) is 4.74 Å². The van der Waals surface area contributed by atoms with E-state index in [0.717, 1.165) is 15.6 Å². The number of ketones is 1. The van der Waals surface area contributed by atoms with Gasteiger partial charge < -0.3 is 4.74 Å². The summed E-state index contributed by atoms with van der Waals surface area (Å²) in [6.45, 7) is 1.83. The molecule has 0 atom stereocenters. The SMILES string of the molecule is COc1ccc(Br)c(CC(=O)c2cc(C)ccc2F)c1. The summed E-state index contributed by atoms with van der Waals surface area (Å²) in [5.74, 6) is -0.0690. The third-order valence-electron chi connectivity index (χ3n) is 3.03. The number of aryl methyl sites for hydroxylation is 1. The van der Waals surface area contributed by atoms with Crippen molar-refractivity contribution in [1.82, 2.24) is 0 Å². The Morgan fingerprint density at radius 3 is 2.70 bits per heavy atom. The lowest BCUT2D eigenvalue weighted by Crippen LogP contribution is -2.07. The molecule has 2 aromatic carbocycles. The van der Waals surface area contributed by atoms with Crippen LogP contribution in [-0.2, 0) is 6.42 Å². The van der Waals surface area contributed by atoms with Crippen molar-refractivity contribution in [1.29, 1.82) is 0 Å². The van der Waals surface area contributed by atoms with Crippen molar-refractivity contribution in [3.8, 4) is 5.75 Å². The number of carbonyl (C=O) groups excluding carboxylic acids is 1. The molecule has 0 amide bonds. The Labute approximate surface area is 125 Å². The predicted molar refractivity (Wildman–Crippen MR) is 79.9 cm³/mol. The monoisotopic (exact) mass is 336 g/mol. The van der Waals surface area contributed by atoms with Crippen LogP contribution in [0.4, 0.5) is 4.39 Å². The molecule has 0 saturated carbocycles. The number of benzene rings is 2. The zero-order valence-electron chi connectivity index (χ0n) is 11.2. The first-order valence-electron chi connectivity index (χ1n) is 6.13. The first-order valence-corrected chi connectivity index (χ1v) is 6.92. The van der Waals surface area contributed by atoms with Crippen LogP contribution in [0, 0.1) is 12.7 Å². The molecule has 4 heteroatoms. The number of halogens is 2. The molecule has 20 heavy (non-hydrogen) atoms. The van der Waals surface area contributed by atoms with Crippen LogP contribution in [0.3, 0.4) is 0 Å². The highest BCUT2D eigenvalue weighted by atomic mass is 79.9. The van der Waals surface area contributed by atoms with Crippen molar-refractivity contribution in [2.24, 2.45) is 0 Å². The minimum Gasteiger partial charge on any atom is -0.497 e. The van der Waals surface area contributed by atoms with Gasteiger partial charge in [0, 0.05) is 10.9 Å². The van der Waals surface area contributed by atoms with Crippen molar-refractivity contribution >= 4 is 21.7 Å². The molecule has 0 spiro atoms. The molecule has 0 aliphatic carbocycles. The molecule has 2 rings (SSSR count). The summed E-state index contributed by atoms with van der Waals surface area (Å²) in [5.41, 5.74) is 1.76. The summed E-state index contributed by atoms with van der Waals surface area (Å²) in [4.78, 5) is 12.2. The van der Waals surface area contributed by atoms with E-state index < -0.39 is 5.82 Å². The number of carbonyl (C=O) groups is 1. The second-order valence-electron chi connectivity index (χ2n) is 4.54. The molecule has 0 N–H and O–H groups in total. The first kappa shape index (κ1) is 14.7. The van der Waals surface area contributed by atoms with Gasteiger partial charge >= 0.3 is 0 Å². The van der Waals surface area contributed by atoms with Crippen LogP contribution in [0.15, 0.2) is 40.9 Å². The zero-order valence-corrected chi connectivity index (χ0v) is 12.8. The van der Waals surface area contributed by atoms with Gasteiger partial charge in [0.15, 0.2) is 5.78 Å². The van der Waals surface area contributed by atoms with Gasteiger partial charge in [0.25, 0.3) is 0 Å². The number of hydrogen-bond acceptors (Lipinski definition) is 2. The van der Waals surface area contributed by atoms with Gasteiger partial charge in [-0.25, -0.2) is 4.39 Å². The molecule has 2 aromatic rings. The van der Waals surface area contributed by atoms with Gasteiger partial charge in [-0.05, 0) is 42.8 Å². The lowest BCUT2D eigenvalue weighted by molar-refractivity contribution is 0.0989. The summed E-state index contributed by atoms with van der Waals surface area (Å²) in [6, 6.07) is 9.93. The van der Waals surface area contributed by atoms with Crippen LogP contribution < -0.4 is 4.74 Å².